The summed E-state index contributed by atoms with van der Waals surface area (Å²) in [7, 11) is 0. The highest BCUT2D eigenvalue weighted by molar-refractivity contribution is 5.84. The summed E-state index contributed by atoms with van der Waals surface area (Å²) in [6.45, 7) is 10.9. The van der Waals surface area contributed by atoms with Crippen molar-refractivity contribution in [3.63, 3.8) is 0 Å². The number of amides is 1. The number of hydrogen-bond acceptors (Lipinski definition) is 3. The van der Waals surface area contributed by atoms with Gasteiger partial charge in [0.15, 0.2) is 0 Å². The Balaban J connectivity index is 4.02. The Morgan fingerprint density at radius 2 is 1.80 bits per heavy atom. The maximum Gasteiger partial charge on any atom is 0.237 e. The van der Waals surface area contributed by atoms with Crippen molar-refractivity contribution in [1.29, 1.82) is 0 Å². The van der Waals surface area contributed by atoms with E-state index in [4.69, 9.17) is 10.5 Å². The van der Waals surface area contributed by atoms with Crippen LogP contribution in [0, 0.1) is 0 Å². The average molecular weight is 286 g/mol. The number of carbonyl (C=O) groups is 1. The summed E-state index contributed by atoms with van der Waals surface area (Å²) in [5, 5.41) is 3.25. The smallest absolute Gasteiger partial charge is 0.237 e. The highest BCUT2D eigenvalue weighted by Crippen LogP contribution is 2.16. The van der Waals surface area contributed by atoms with Gasteiger partial charge in [-0.05, 0) is 34.1 Å². The molecule has 20 heavy (non-hydrogen) atoms. The molecule has 0 rings (SSSR count). The molecule has 0 aromatic heterocycles. The number of hydrogen-bond donors (Lipinski definition) is 2. The van der Waals surface area contributed by atoms with E-state index in [9.17, 15) is 4.79 Å². The minimum absolute atomic E-state index is 0.0323. The zero-order valence-corrected chi connectivity index (χ0v) is 14.0. The van der Waals surface area contributed by atoms with Gasteiger partial charge < -0.3 is 15.8 Å². The summed E-state index contributed by atoms with van der Waals surface area (Å²) < 4.78 is 5.80. The average Bonchev–Trinajstić information content (AvgIpc) is 2.32. The van der Waals surface area contributed by atoms with E-state index >= 15 is 0 Å². The standard InChI is InChI=1S/C16H34N2O2/c1-6-7-8-9-10-11-20-14(4)12-16(5,15(17)19)18-13(2)3/h13-14,18H,6-12H2,1-5H3,(H2,17,19). The summed E-state index contributed by atoms with van der Waals surface area (Å²) in [6.07, 6.45) is 6.79. The van der Waals surface area contributed by atoms with Gasteiger partial charge in [-0.15, -0.1) is 0 Å². The van der Waals surface area contributed by atoms with E-state index in [0.717, 1.165) is 13.0 Å². The fourth-order valence-electron chi connectivity index (χ4n) is 2.49. The van der Waals surface area contributed by atoms with Gasteiger partial charge in [0.25, 0.3) is 0 Å². The molecule has 0 radical (unpaired) electrons. The molecule has 120 valence electrons. The van der Waals surface area contributed by atoms with Gasteiger partial charge in [0, 0.05) is 19.1 Å². The Morgan fingerprint density at radius 1 is 1.20 bits per heavy atom. The molecule has 0 heterocycles. The Labute approximate surface area is 124 Å². The Hall–Kier alpha value is -0.610. The second-order valence-electron chi connectivity index (χ2n) is 6.30. The minimum Gasteiger partial charge on any atom is -0.378 e. The first-order chi connectivity index (χ1) is 9.31. The van der Waals surface area contributed by atoms with Crippen molar-refractivity contribution < 1.29 is 9.53 Å². The van der Waals surface area contributed by atoms with E-state index in [-0.39, 0.29) is 18.1 Å². The van der Waals surface area contributed by atoms with E-state index in [2.05, 4.69) is 12.2 Å². The van der Waals surface area contributed by atoms with Crippen LogP contribution in [0.25, 0.3) is 0 Å². The molecule has 0 aliphatic carbocycles. The zero-order valence-electron chi connectivity index (χ0n) is 14.0. The molecule has 3 N–H and O–H groups in total. The summed E-state index contributed by atoms with van der Waals surface area (Å²) in [4.78, 5) is 11.6. The molecule has 4 nitrogen and oxygen atoms in total. The van der Waals surface area contributed by atoms with Crippen LogP contribution in [-0.4, -0.2) is 30.2 Å². The fourth-order valence-corrected chi connectivity index (χ4v) is 2.49. The Morgan fingerprint density at radius 3 is 2.30 bits per heavy atom. The molecular weight excluding hydrogens is 252 g/mol. The molecule has 0 aliphatic heterocycles. The number of nitrogens with one attached hydrogen (secondary N) is 1. The van der Waals surface area contributed by atoms with Crippen LogP contribution in [0.1, 0.15) is 73.1 Å². The van der Waals surface area contributed by atoms with Gasteiger partial charge in [-0.1, -0.05) is 32.6 Å². The lowest BCUT2D eigenvalue weighted by molar-refractivity contribution is -0.125. The van der Waals surface area contributed by atoms with Crippen molar-refractivity contribution in [3.8, 4) is 0 Å². The van der Waals surface area contributed by atoms with E-state index in [1.807, 2.05) is 27.7 Å². The molecule has 0 saturated carbocycles. The zero-order chi connectivity index (χ0) is 15.6. The molecule has 0 bridgehead atoms. The molecule has 0 aliphatic rings. The van der Waals surface area contributed by atoms with Gasteiger partial charge in [0.2, 0.25) is 5.91 Å². The molecular formula is C16H34N2O2. The first kappa shape index (κ1) is 19.4. The number of ether oxygens (including phenoxy) is 1. The van der Waals surface area contributed by atoms with Gasteiger partial charge in [-0.25, -0.2) is 0 Å². The molecule has 1 amide bonds. The molecule has 0 fully saturated rings. The van der Waals surface area contributed by atoms with Crippen LogP contribution in [0.3, 0.4) is 0 Å². The summed E-state index contributed by atoms with van der Waals surface area (Å²) in [5.41, 5.74) is 4.82. The van der Waals surface area contributed by atoms with E-state index < -0.39 is 5.54 Å². The van der Waals surface area contributed by atoms with Gasteiger partial charge >= 0.3 is 0 Å². The van der Waals surface area contributed by atoms with Gasteiger partial charge in [0.1, 0.15) is 0 Å². The van der Waals surface area contributed by atoms with Crippen molar-refractivity contribution >= 4 is 5.91 Å². The predicted molar refractivity (Wildman–Crippen MR) is 84.7 cm³/mol. The number of carbonyl (C=O) groups excluding carboxylic acids is 1. The quantitative estimate of drug-likeness (QED) is 0.542. The number of nitrogens with two attached hydrogens (primary N) is 1. The molecule has 0 aromatic carbocycles. The van der Waals surface area contributed by atoms with Crippen molar-refractivity contribution in [2.75, 3.05) is 6.61 Å². The second kappa shape index (κ2) is 10.2. The van der Waals surface area contributed by atoms with Crippen molar-refractivity contribution in [1.82, 2.24) is 5.32 Å². The summed E-state index contributed by atoms with van der Waals surface area (Å²) >= 11 is 0. The molecule has 0 spiro atoms. The lowest BCUT2D eigenvalue weighted by Crippen LogP contribution is -2.57. The molecule has 4 heteroatoms. The lowest BCUT2D eigenvalue weighted by Gasteiger charge is -2.32. The van der Waals surface area contributed by atoms with Gasteiger partial charge in [-0.3, -0.25) is 4.79 Å². The predicted octanol–water partition coefficient (Wildman–Crippen LogP) is 2.99. The third-order valence-electron chi connectivity index (χ3n) is 3.50. The number of rotatable bonds is 12. The topological polar surface area (TPSA) is 64.3 Å². The largest absolute Gasteiger partial charge is 0.378 e. The van der Waals surface area contributed by atoms with Crippen LogP contribution in [-0.2, 0) is 9.53 Å². The first-order valence-corrected chi connectivity index (χ1v) is 8.01. The van der Waals surface area contributed by atoms with E-state index in [0.29, 0.717) is 6.42 Å². The third-order valence-corrected chi connectivity index (χ3v) is 3.50. The van der Waals surface area contributed by atoms with Gasteiger partial charge in [0.05, 0.1) is 11.6 Å². The maximum atomic E-state index is 11.6. The third kappa shape index (κ3) is 8.54. The summed E-state index contributed by atoms with van der Waals surface area (Å²) in [5.74, 6) is -0.315. The molecule has 2 unspecified atom stereocenters. The van der Waals surface area contributed by atoms with E-state index in [1.54, 1.807) is 0 Å². The molecule has 0 saturated heterocycles. The van der Waals surface area contributed by atoms with Crippen LogP contribution in [0.5, 0.6) is 0 Å². The minimum atomic E-state index is -0.699. The SMILES string of the molecule is CCCCCCCOC(C)CC(C)(NC(C)C)C(N)=O. The van der Waals surface area contributed by atoms with E-state index in [1.165, 1.54) is 25.7 Å². The summed E-state index contributed by atoms with van der Waals surface area (Å²) in [6, 6.07) is 0.216. The second-order valence-corrected chi connectivity index (χ2v) is 6.30. The number of unbranched alkanes of at least 4 members (excludes halogenated alkanes) is 4. The van der Waals surface area contributed by atoms with Crippen molar-refractivity contribution in [2.45, 2.75) is 90.8 Å². The fraction of sp³-hybridized carbons (Fsp3) is 0.938. The highest BCUT2D eigenvalue weighted by atomic mass is 16.5. The van der Waals surface area contributed by atoms with Crippen LogP contribution < -0.4 is 11.1 Å². The molecule has 0 aromatic rings. The van der Waals surface area contributed by atoms with Crippen LogP contribution in [0.2, 0.25) is 0 Å². The normalized spacial score (nSPS) is 16.1. The van der Waals surface area contributed by atoms with Crippen LogP contribution in [0.15, 0.2) is 0 Å². The monoisotopic (exact) mass is 286 g/mol. The van der Waals surface area contributed by atoms with Crippen LogP contribution in [0.4, 0.5) is 0 Å². The molecule has 2 atom stereocenters. The highest BCUT2D eigenvalue weighted by Gasteiger charge is 2.33. The van der Waals surface area contributed by atoms with Gasteiger partial charge in [-0.2, -0.15) is 0 Å². The van der Waals surface area contributed by atoms with Crippen LogP contribution >= 0.6 is 0 Å². The Kier molecular flexibility index (Phi) is 9.86. The maximum absolute atomic E-state index is 11.6. The lowest BCUT2D eigenvalue weighted by atomic mass is 9.93. The Bertz CT molecular complexity index is 269. The van der Waals surface area contributed by atoms with Crippen molar-refractivity contribution in [3.05, 3.63) is 0 Å². The van der Waals surface area contributed by atoms with Crippen molar-refractivity contribution in [2.24, 2.45) is 5.73 Å². The number of primary amides is 1. The first-order valence-electron chi connectivity index (χ1n) is 8.01.